The van der Waals surface area contributed by atoms with Crippen LogP contribution in [0, 0.1) is 12.7 Å². The zero-order valence-electron chi connectivity index (χ0n) is 20.3. The molecule has 2 amide bonds. The van der Waals surface area contributed by atoms with Crippen molar-refractivity contribution in [1.29, 1.82) is 0 Å². The molecule has 1 N–H and O–H groups in total. The Morgan fingerprint density at radius 3 is 2.23 bits per heavy atom. The van der Waals surface area contributed by atoms with Crippen LogP contribution in [0.2, 0.25) is 0 Å². The maximum Gasteiger partial charge on any atom is 0.243 e. The number of nitrogens with zero attached hydrogens (tertiary/aromatic N) is 1. The summed E-state index contributed by atoms with van der Waals surface area (Å²) in [5.74, 6) is -0.816. The van der Waals surface area contributed by atoms with Crippen molar-refractivity contribution in [2.75, 3.05) is 0 Å². The lowest BCUT2D eigenvalue weighted by atomic mass is 10.00. The Kier molecular flexibility index (Phi) is 8.30. The van der Waals surface area contributed by atoms with E-state index in [1.807, 2.05) is 61.5 Å². The molecule has 5 heteroatoms. The van der Waals surface area contributed by atoms with Crippen LogP contribution < -0.4 is 5.32 Å². The van der Waals surface area contributed by atoms with Gasteiger partial charge in [-0.25, -0.2) is 4.39 Å². The maximum absolute atomic E-state index is 14.4. The van der Waals surface area contributed by atoms with Crippen molar-refractivity contribution < 1.29 is 14.0 Å². The monoisotopic (exact) mass is 472 g/mol. The summed E-state index contributed by atoms with van der Waals surface area (Å²) >= 11 is 0. The molecule has 3 aromatic carbocycles. The van der Waals surface area contributed by atoms with Gasteiger partial charge in [0, 0.05) is 19.0 Å². The number of carbonyl (C=O) groups excluding carboxylic acids is 2. The predicted octanol–water partition coefficient (Wildman–Crippen LogP) is 5.38. The molecular weight excluding hydrogens is 439 g/mol. The van der Waals surface area contributed by atoms with Gasteiger partial charge in [0.25, 0.3) is 0 Å². The Morgan fingerprint density at radius 1 is 0.914 bits per heavy atom. The number of hydrogen-bond donors (Lipinski definition) is 1. The molecule has 0 radical (unpaired) electrons. The second-order valence-electron chi connectivity index (χ2n) is 9.41. The van der Waals surface area contributed by atoms with Gasteiger partial charge in [-0.15, -0.1) is 0 Å². The largest absolute Gasteiger partial charge is 0.352 e. The summed E-state index contributed by atoms with van der Waals surface area (Å²) in [4.78, 5) is 29.0. The van der Waals surface area contributed by atoms with Crippen LogP contribution in [0.5, 0.6) is 0 Å². The lowest BCUT2D eigenvalue weighted by Crippen LogP contribution is -2.52. The van der Waals surface area contributed by atoms with E-state index in [-0.39, 0.29) is 30.8 Å². The van der Waals surface area contributed by atoms with Gasteiger partial charge in [-0.05, 0) is 48.1 Å². The molecule has 0 heterocycles. The van der Waals surface area contributed by atoms with Crippen LogP contribution in [0.1, 0.15) is 47.9 Å². The van der Waals surface area contributed by atoms with E-state index >= 15 is 0 Å². The average molecular weight is 473 g/mol. The van der Waals surface area contributed by atoms with E-state index in [1.165, 1.54) is 6.07 Å². The highest BCUT2D eigenvalue weighted by atomic mass is 19.1. The van der Waals surface area contributed by atoms with Crippen molar-refractivity contribution >= 4 is 11.8 Å². The molecule has 4 rings (SSSR count). The van der Waals surface area contributed by atoms with E-state index < -0.39 is 11.9 Å². The van der Waals surface area contributed by atoms with Crippen LogP contribution in [-0.2, 0) is 29.0 Å². The summed E-state index contributed by atoms with van der Waals surface area (Å²) in [6.07, 6.45) is 4.44. The van der Waals surface area contributed by atoms with Gasteiger partial charge in [0.15, 0.2) is 0 Å². The molecule has 1 aliphatic rings. The Morgan fingerprint density at radius 2 is 1.54 bits per heavy atom. The van der Waals surface area contributed by atoms with Crippen LogP contribution in [0.25, 0.3) is 0 Å². The van der Waals surface area contributed by atoms with E-state index in [4.69, 9.17) is 0 Å². The summed E-state index contributed by atoms with van der Waals surface area (Å²) in [6, 6.07) is 23.4. The summed E-state index contributed by atoms with van der Waals surface area (Å²) in [7, 11) is 0. The Balaban J connectivity index is 1.68. The second kappa shape index (κ2) is 11.8. The van der Waals surface area contributed by atoms with Crippen molar-refractivity contribution in [3.8, 4) is 0 Å². The third-order valence-corrected chi connectivity index (χ3v) is 6.87. The number of amides is 2. The zero-order chi connectivity index (χ0) is 24.6. The normalized spacial score (nSPS) is 14.5. The molecule has 0 aromatic heterocycles. The molecule has 0 aliphatic heterocycles. The van der Waals surface area contributed by atoms with E-state index in [0.29, 0.717) is 12.0 Å². The van der Waals surface area contributed by atoms with Crippen LogP contribution >= 0.6 is 0 Å². The standard InChI is InChI=1S/C30H33FN2O2/c1-22-11-5-6-15-25(22)21-33(29(34)20-24-14-7-10-18-27(24)31)28(19-23-12-3-2-4-13-23)30(35)32-26-16-8-9-17-26/h2-7,10-15,18,26,28H,8-9,16-17,19-21H2,1H3,(H,32,35). The molecule has 3 aromatic rings. The van der Waals surface area contributed by atoms with Crippen molar-refractivity contribution in [3.05, 3.63) is 107 Å². The van der Waals surface area contributed by atoms with Crippen LogP contribution in [0.4, 0.5) is 4.39 Å². The molecule has 0 spiro atoms. The smallest absolute Gasteiger partial charge is 0.243 e. The van der Waals surface area contributed by atoms with Gasteiger partial charge in [-0.3, -0.25) is 9.59 Å². The number of aryl methyl sites for hydroxylation is 1. The highest BCUT2D eigenvalue weighted by molar-refractivity contribution is 5.89. The highest BCUT2D eigenvalue weighted by Gasteiger charge is 2.32. The maximum atomic E-state index is 14.4. The molecule has 0 bridgehead atoms. The van der Waals surface area contributed by atoms with Crippen LogP contribution in [0.15, 0.2) is 78.9 Å². The van der Waals surface area contributed by atoms with Gasteiger partial charge < -0.3 is 10.2 Å². The fourth-order valence-corrected chi connectivity index (χ4v) is 4.80. The first-order chi connectivity index (χ1) is 17.0. The first-order valence-corrected chi connectivity index (χ1v) is 12.4. The second-order valence-corrected chi connectivity index (χ2v) is 9.41. The van der Waals surface area contributed by atoms with Crippen molar-refractivity contribution in [1.82, 2.24) is 10.2 Å². The molecular formula is C30H33FN2O2. The summed E-state index contributed by atoms with van der Waals surface area (Å²) in [5, 5.41) is 3.20. The minimum Gasteiger partial charge on any atom is -0.352 e. The highest BCUT2D eigenvalue weighted by Crippen LogP contribution is 2.21. The number of nitrogens with one attached hydrogen (secondary N) is 1. The third kappa shape index (κ3) is 6.56. The lowest BCUT2D eigenvalue weighted by molar-refractivity contribution is -0.141. The first kappa shape index (κ1) is 24.6. The molecule has 0 saturated heterocycles. The molecule has 1 saturated carbocycles. The molecule has 182 valence electrons. The average Bonchev–Trinajstić information content (AvgIpc) is 3.37. The van der Waals surface area contributed by atoms with Crippen LogP contribution in [0.3, 0.4) is 0 Å². The van der Waals surface area contributed by atoms with Gasteiger partial charge in [0.2, 0.25) is 11.8 Å². The van der Waals surface area contributed by atoms with Crippen molar-refractivity contribution in [3.63, 3.8) is 0 Å². The predicted molar refractivity (Wildman–Crippen MR) is 136 cm³/mol. The summed E-state index contributed by atoms with van der Waals surface area (Å²) in [6.45, 7) is 2.29. The molecule has 1 unspecified atom stereocenters. The number of halogens is 1. The molecule has 1 atom stereocenters. The van der Waals surface area contributed by atoms with Gasteiger partial charge in [0.05, 0.1) is 6.42 Å². The topological polar surface area (TPSA) is 49.4 Å². The Hall–Kier alpha value is -3.47. The lowest BCUT2D eigenvalue weighted by Gasteiger charge is -2.33. The van der Waals surface area contributed by atoms with Crippen LogP contribution in [-0.4, -0.2) is 28.8 Å². The molecule has 1 aliphatic carbocycles. The molecule has 35 heavy (non-hydrogen) atoms. The third-order valence-electron chi connectivity index (χ3n) is 6.87. The van der Waals surface area contributed by atoms with Gasteiger partial charge in [-0.1, -0.05) is 85.6 Å². The molecule has 4 nitrogen and oxygen atoms in total. The van der Waals surface area contributed by atoms with Gasteiger partial charge in [-0.2, -0.15) is 0 Å². The zero-order valence-corrected chi connectivity index (χ0v) is 20.3. The van der Waals surface area contributed by atoms with E-state index in [2.05, 4.69) is 5.32 Å². The van der Waals surface area contributed by atoms with E-state index in [0.717, 1.165) is 42.4 Å². The van der Waals surface area contributed by atoms with Gasteiger partial charge in [0.1, 0.15) is 11.9 Å². The number of rotatable bonds is 9. The summed E-state index contributed by atoms with van der Waals surface area (Å²) < 4.78 is 14.4. The SMILES string of the molecule is Cc1ccccc1CN(C(=O)Cc1ccccc1F)C(Cc1ccccc1)C(=O)NC1CCCC1. The van der Waals surface area contributed by atoms with Crippen molar-refractivity contribution in [2.24, 2.45) is 0 Å². The van der Waals surface area contributed by atoms with E-state index in [1.54, 1.807) is 23.1 Å². The minimum atomic E-state index is -0.697. The van der Waals surface area contributed by atoms with Gasteiger partial charge >= 0.3 is 0 Å². The minimum absolute atomic E-state index is 0.0967. The Bertz CT molecular complexity index is 1140. The fraction of sp³-hybridized carbons (Fsp3) is 0.333. The Labute approximate surface area is 207 Å². The first-order valence-electron chi connectivity index (χ1n) is 12.4. The number of benzene rings is 3. The fourth-order valence-electron chi connectivity index (χ4n) is 4.80. The summed E-state index contributed by atoms with van der Waals surface area (Å²) in [5.41, 5.74) is 3.33. The molecule has 1 fully saturated rings. The number of hydrogen-bond acceptors (Lipinski definition) is 2. The quantitative estimate of drug-likeness (QED) is 0.455. The van der Waals surface area contributed by atoms with Crippen molar-refractivity contribution in [2.45, 2.75) is 64.1 Å². The van der Waals surface area contributed by atoms with E-state index in [9.17, 15) is 14.0 Å². The number of carbonyl (C=O) groups is 2.